The van der Waals surface area contributed by atoms with Gasteiger partial charge in [0.1, 0.15) is 10.5 Å². The molecule has 5 nitrogen and oxygen atoms in total. The highest BCUT2D eigenvalue weighted by atomic mass is 35.5. The van der Waals surface area contributed by atoms with Crippen molar-refractivity contribution in [1.29, 1.82) is 0 Å². The monoisotopic (exact) mass is 495 g/mol. The maximum absolute atomic E-state index is 6.32. The molecular formula is C28H18ClN3O2S. The summed E-state index contributed by atoms with van der Waals surface area (Å²) in [6, 6.07) is 29.4. The second kappa shape index (κ2) is 9.33. The lowest BCUT2D eigenvalue weighted by Crippen LogP contribution is -2.00. The number of thiophene rings is 1. The fourth-order valence-electron chi connectivity index (χ4n) is 3.88. The third-order valence-electron chi connectivity index (χ3n) is 5.58. The molecule has 7 heteroatoms. The predicted octanol–water partition coefficient (Wildman–Crippen LogP) is 7.91. The maximum atomic E-state index is 6.32. The molecule has 35 heavy (non-hydrogen) atoms. The van der Waals surface area contributed by atoms with Crippen molar-refractivity contribution in [2.75, 3.05) is 0 Å². The Bertz CT molecular complexity index is 1610. The van der Waals surface area contributed by atoms with Crippen LogP contribution in [0.2, 0.25) is 5.02 Å². The van der Waals surface area contributed by atoms with Crippen molar-refractivity contribution in [3.05, 3.63) is 107 Å². The van der Waals surface area contributed by atoms with Crippen LogP contribution in [0.4, 0.5) is 0 Å². The Labute approximate surface area is 210 Å². The second-order valence-corrected chi connectivity index (χ2v) is 9.13. The summed E-state index contributed by atoms with van der Waals surface area (Å²) in [7, 11) is 0. The first kappa shape index (κ1) is 21.5. The van der Waals surface area contributed by atoms with Crippen molar-refractivity contribution in [3.8, 4) is 39.7 Å². The number of nitrogens with zero attached hydrogens (tertiary/aromatic N) is 3. The van der Waals surface area contributed by atoms with Crippen LogP contribution < -0.4 is 4.74 Å². The molecule has 0 N–H and O–H groups in total. The van der Waals surface area contributed by atoms with E-state index in [-0.39, 0.29) is 6.61 Å². The molecule has 3 heterocycles. The van der Waals surface area contributed by atoms with Crippen molar-refractivity contribution >= 4 is 33.2 Å². The molecule has 0 fully saturated rings. The third kappa shape index (κ3) is 4.30. The lowest BCUT2D eigenvalue weighted by Gasteiger charge is -2.09. The Morgan fingerprint density at radius 1 is 0.800 bits per heavy atom. The van der Waals surface area contributed by atoms with Gasteiger partial charge in [0.15, 0.2) is 18.2 Å². The Hall–Kier alpha value is -4.00. The first-order valence-electron chi connectivity index (χ1n) is 11.0. The molecule has 0 bridgehead atoms. The van der Waals surface area contributed by atoms with E-state index in [0.29, 0.717) is 28.2 Å². The normalized spacial score (nSPS) is 11.1. The minimum atomic E-state index is 0.169. The Balaban J connectivity index is 1.39. The number of benzene rings is 3. The smallest absolute Gasteiger partial charge is 0.227 e. The average Bonchev–Trinajstić information content (AvgIpc) is 3.56. The van der Waals surface area contributed by atoms with Crippen LogP contribution in [0.3, 0.4) is 0 Å². The fraction of sp³-hybridized carbons (Fsp3) is 0.0357. The van der Waals surface area contributed by atoms with Gasteiger partial charge in [0.05, 0.1) is 10.4 Å². The number of ether oxygens (including phenoxy) is 1. The molecule has 0 atom stereocenters. The van der Waals surface area contributed by atoms with Crippen LogP contribution in [-0.2, 0) is 6.61 Å². The van der Waals surface area contributed by atoms with Gasteiger partial charge in [0.2, 0.25) is 5.88 Å². The van der Waals surface area contributed by atoms with Crippen LogP contribution in [-0.4, -0.2) is 15.1 Å². The number of rotatable bonds is 6. The van der Waals surface area contributed by atoms with Gasteiger partial charge in [-0.05, 0) is 11.6 Å². The zero-order valence-electron chi connectivity index (χ0n) is 18.4. The van der Waals surface area contributed by atoms with Crippen LogP contribution in [0.5, 0.6) is 5.88 Å². The van der Waals surface area contributed by atoms with Gasteiger partial charge < -0.3 is 9.26 Å². The summed E-state index contributed by atoms with van der Waals surface area (Å²) in [5.41, 5.74) is 4.51. The van der Waals surface area contributed by atoms with Crippen LogP contribution >= 0.6 is 22.9 Å². The molecule has 0 aliphatic rings. The molecule has 0 spiro atoms. The average molecular weight is 496 g/mol. The summed E-state index contributed by atoms with van der Waals surface area (Å²) in [6.07, 6.45) is 0. The first-order valence-corrected chi connectivity index (χ1v) is 12.3. The van der Waals surface area contributed by atoms with Gasteiger partial charge in [-0.2, -0.15) is 4.98 Å². The number of halogens is 1. The summed E-state index contributed by atoms with van der Waals surface area (Å²) < 4.78 is 11.8. The minimum Gasteiger partial charge on any atom is -0.469 e. The minimum absolute atomic E-state index is 0.169. The first-order chi connectivity index (χ1) is 17.3. The third-order valence-corrected chi connectivity index (χ3v) is 6.78. The van der Waals surface area contributed by atoms with Crippen molar-refractivity contribution in [2.45, 2.75) is 6.61 Å². The number of hydrogen-bond acceptors (Lipinski definition) is 6. The lowest BCUT2D eigenvalue weighted by atomic mass is 10.1. The van der Waals surface area contributed by atoms with Gasteiger partial charge in [-0.25, -0.2) is 4.98 Å². The van der Waals surface area contributed by atoms with E-state index in [4.69, 9.17) is 30.8 Å². The second-order valence-electron chi connectivity index (χ2n) is 7.86. The van der Waals surface area contributed by atoms with Crippen molar-refractivity contribution in [2.24, 2.45) is 0 Å². The van der Waals surface area contributed by atoms with Gasteiger partial charge in [0.25, 0.3) is 0 Å². The van der Waals surface area contributed by atoms with E-state index < -0.39 is 0 Å². The quantitative estimate of drug-likeness (QED) is 0.235. The largest absolute Gasteiger partial charge is 0.469 e. The topological polar surface area (TPSA) is 61.0 Å². The van der Waals surface area contributed by atoms with Crippen molar-refractivity contribution in [1.82, 2.24) is 15.1 Å². The summed E-state index contributed by atoms with van der Waals surface area (Å²) >= 11 is 7.89. The number of fused-ring (bicyclic) bond motifs is 1. The molecule has 0 aliphatic heterocycles. The van der Waals surface area contributed by atoms with Crippen LogP contribution in [0.25, 0.3) is 44.0 Å². The molecule has 6 rings (SSSR count). The van der Waals surface area contributed by atoms with Gasteiger partial charge in [-0.3, -0.25) is 0 Å². The molecule has 0 aliphatic carbocycles. The Morgan fingerprint density at radius 2 is 1.51 bits per heavy atom. The molecule has 0 unspecified atom stereocenters. The van der Waals surface area contributed by atoms with E-state index in [1.54, 1.807) is 11.3 Å². The molecule has 0 saturated heterocycles. The summed E-state index contributed by atoms with van der Waals surface area (Å²) in [5, 5.41) is 7.77. The highest BCUT2D eigenvalue weighted by Gasteiger charge is 2.18. The van der Waals surface area contributed by atoms with Crippen LogP contribution in [0.1, 0.15) is 5.76 Å². The maximum Gasteiger partial charge on any atom is 0.227 e. The van der Waals surface area contributed by atoms with E-state index in [2.05, 4.69) is 22.7 Å². The molecule has 3 aromatic heterocycles. The molecule has 170 valence electrons. The Kier molecular flexibility index (Phi) is 5.74. The highest BCUT2D eigenvalue weighted by Crippen LogP contribution is 2.39. The fourth-order valence-corrected chi connectivity index (χ4v) is 5.05. The zero-order valence-corrected chi connectivity index (χ0v) is 20.0. The van der Waals surface area contributed by atoms with Crippen molar-refractivity contribution < 1.29 is 9.26 Å². The zero-order chi connectivity index (χ0) is 23.6. The molecular weight excluding hydrogens is 478 g/mol. The van der Waals surface area contributed by atoms with Crippen LogP contribution in [0, 0.1) is 0 Å². The summed E-state index contributed by atoms with van der Waals surface area (Å²) in [6.45, 7) is 0.169. The van der Waals surface area contributed by atoms with E-state index in [1.165, 1.54) is 0 Å². The highest BCUT2D eigenvalue weighted by molar-refractivity contribution is 7.17. The summed E-state index contributed by atoms with van der Waals surface area (Å²) in [4.78, 5) is 10.5. The predicted molar refractivity (Wildman–Crippen MR) is 140 cm³/mol. The molecule has 3 aromatic carbocycles. The van der Waals surface area contributed by atoms with E-state index in [1.807, 2.05) is 78.9 Å². The molecule has 6 aromatic rings. The molecule has 0 amide bonds. The Morgan fingerprint density at radius 3 is 2.29 bits per heavy atom. The van der Waals surface area contributed by atoms with E-state index >= 15 is 0 Å². The van der Waals surface area contributed by atoms with Crippen molar-refractivity contribution in [3.63, 3.8) is 0 Å². The summed E-state index contributed by atoms with van der Waals surface area (Å²) in [5.74, 6) is 1.69. The number of hydrogen-bond donors (Lipinski definition) is 0. The van der Waals surface area contributed by atoms with Gasteiger partial charge in [-0.15, -0.1) is 11.3 Å². The van der Waals surface area contributed by atoms with E-state index in [0.717, 1.165) is 32.5 Å². The standard InChI is InChI=1S/C28H18ClN3O2S/c29-23-14-8-7-13-21(23)24-15-20(34-32-24)16-33-27-25-22(18-9-3-1-4-10-18)17-35-28(25)31-26(30-27)19-11-5-2-6-12-19/h1-15,17H,16H2. The van der Waals surface area contributed by atoms with Gasteiger partial charge in [0, 0.05) is 28.1 Å². The number of aromatic nitrogens is 3. The van der Waals surface area contributed by atoms with Crippen LogP contribution in [0.15, 0.2) is 101 Å². The molecule has 0 radical (unpaired) electrons. The van der Waals surface area contributed by atoms with Gasteiger partial charge in [-0.1, -0.05) is 95.6 Å². The molecule has 0 saturated carbocycles. The SMILES string of the molecule is Clc1ccccc1-c1cc(COc2nc(-c3ccccc3)nc3scc(-c4ccccc4)c23)on1. The van der Waals surface area contributed by atoms with Gasteiger partial charge >= 0.3 is 0 Å². The van der Waals surface area contributed by atoms with E-state index in [9.17, 15) is 0 Å². The lowest BCUT2D eigenvalue weighted by molar-refractivity contribution is 0.244.